The second-order valence-corrected chi connectivity index (χ2v) is 3.47. The summed E-state index contributed by atoms with van der Waals surface area (Å²) in [6.07, 6.45) is -0.847. The summed E-state index contributed by atoms with van der Waals surface area (Å²) in [6.45, 7) is 2.52. The lowest BCUT2D eigenvalue weighted by Crippen LogP contribution is -2.18. The van der Waals surface area contributed by atoms with Crippen LogP contribution < -0.4 is 15.8 Å². The Bertz CT molecular complexity index is 464. The van der Waals surface area contributed by atoms with E-state index in [1.807, 2.05) is 0 Å². The molecule has 0 aliphatic rings. The van der Waals surface area contributed by atoms with Gasteiger partial charge in [0, 0.05) is 24.4 Å². The zero-order valence-electron chi connectivity index (χ0n) is 10.4. The maximum atomic E-state index is 10.8. The number of amides is 1. The van der Waals surface area contributed by atoms with Crippen LogP contribution in [-0.4, -0.2) is 30.8 Å². The number of nitrogens with zero attached hydrogens (tertiary/aromatic N) is 1. The summed E-state index contributed by atoms with van der Waals surface area (Å²) in [7, 11) is 0. The third-order valence-electron chi connectivity index (χ3n) is 2.13. The largest absolute Gasteiger partial charge is 0.487 e. The van der Waals surface area contributed by atoms with Gasteiger partial charge in [0.25, 0.3) is 0 Å². The highest BCUT2D eigenvalue weighted by molar-refractivity contribution is 5.64. The van der Waals surface area contributed by atoms with Gasteiger partial charge in [-0.25, -0.2) is 4.79 Å². The van der Waals surface area contributed by atoms with Crippen molar-refractivity contribution < 1.29 is 19.2 Å². The smallest absolute Gasteiger partial charge is 0.404 e. The molecular weight excluding hydrogens is 254 g/mol. The second-order valence-electron chi connectivity index (χ2n) is 3.47. The van der Waals surface area contributed by atoms with Gasteiger partial charge in [-0.05, 0) is 13.0 Å². The lowest BCUT2D eigenvalue weighted by atomic mass is 10.2. The Morgan fingerprint density at radius 3 is 2.84 bits per heavy atom. The molecule has 0 aliphatic carbocycles. The number of ether oxygens (including phenoxy) is 2. The predicted molar refractivity (Wildman–Crippen MR) is 68.3 cm³/mol. The number of nitro benzene ring substituents is 1. The molecule has 104 valence electrons. The van der Waals surface area contributed by atoms with E-state index in [2.05, 4.69) is 10.1 Å². The van der Waals surface area contributed by atoms with Crippen LogP contribution in [0.5, 0.6) is 5.75 Å². The Kier molecular flexibility index (Phi) is 5.39. The van der Waals surface area contributed by atoms with Crippen LogP contribution in [0, 0.1) is 10.1 Å². The molecule has 0 aromatic heterocycles. The highest BCUT2D eigenvalue weighted by atomic mass is 16.6. The molecule has 0 unspecified atom stereocenters. The van der Waals surface area contributed by atoms with Crippen molar-refractivity contribution in [3.8, 4) is 5.75 Å². The number of carbonyl (C=O) groups excluding carboxylic acids is 1. The molecule has 1 aromatic rings. The van der Waals surface area contributed by atoms with Crippen LogP contribution in [0.4, 0.5) is 16.2 Å². The highest BCUT2D eigenvalue weighted by Gasteiger charge is 2.15. The van der Waals surface area contributed by atoms with Gasteiger partial charge in [0.05, 0.1) is 11.5 Å². The summed E-state index contributed by atoms with van der Waals surface area (Å²) in [6, 6.07) is 4.42. The van der Waals surface area contributed by atoms with Crippen LogP contribution in [-0.2, 0) is 4.74 Å². The zero-order chi connectivity index (χ0) is 14.3. The summed E-state index contributed by atoms with van der Waals surface area (Å²) >= 11 is 0. The van der Waals surface area contributed by atoms with Crippen molar-refractivity contribution in [2.75, 3.05) is 25.1 Å². The number of hydrogen-bond acceptors (Lipinski definition) is 6. The first-order valence-electron chi connectivity index (χ1n) is 5.62. The molecule has 0 spiro atoms. The first kappa shape index (κ1) is 14.6. The van der Waals surface area contributed by atoms with E-state index < -0.39 is 11.0 Å². The first-order chi connectivity index (χ1) is 9.04. The van der Waals surface area contributed by atoms with Crippen LogP contribution >= 0.6 is 0 Å². The molecule has 1 rings (SSSR count). The Morgan fingerprint density at radius 2 is 2.26 bits per heavy atom. The summed E-state index contributed by atoms with van der Waals surface area (Å²) in [5.74, 6) is 0.188. The lowest BCUT2D eigenvalue weighted by molar-refractivity contribution is -0.385. The molecule has 8 heteroatoms. The average molecular weight is 269 g/mol. The average Bonchev–Trinajstić information content (AvgIpc) is 2.35. The molecule has 0 saturated heterocycles. The maximum Gasteiger partial charge on any atom is 0.404 e. The minimum Gasteiger partial charge on any atom is -0.487 e. The van der Waals surface area contributed by atoms with E-state index in [1.54, 1.807) is 13.0 Å². The van der Waals surface area contributed by atoms with Crippen molar-refractivity contribution in [3.63, 3.8) is 0 Å². The van der Waals surface area contributed by atoms with Crippen molar-refractivity contribution in [1.82, 2.24) is 0 Å². The van der Waals surface area contributed by atoms with Gasteiger partial charge in [0.1, 0.15) is 6.61 Å². The van der Waals surface area contributed by atoms with Crippen LogP contribution in [0.1, 0.15) is 6.92 Å². The zero-order valence-corrected chi connectivity index (χ0v) is 10.4. The highest BCUT2D eigenvalue weighted by Crippen LogP contribution is 2.29. The molecule has 8 nitrogen and oxygen atoms in total. The van der Waals surface area contributed by atoms with Crippen molar-refractivity contribution in [2.45, 2.75) is 6.92 Å². The minimum absolute atomic E-state index is 0.0965. The predicted octanol–water partition coefficient (Wildman–Crippen LogP) is 1.50. The lowest BCUT2D eigenvalue weighted by Gasteiger charge is -2.09. The van der Waals surface area contributed by atoms with E-state index >= 15 is 0 Å². The summed E-state index contributed by atoms with van der Waals surface area (Å²) < 4.78 is 9.74. The molecule has 0 radical (unpaired) electrons. The molecule has 0 saturated carbocycles. The number of anilines is 1. The summed E-state index contributed by atoms with van der Waals surface area (Å²) in [5, 5.41) is 13.7. The van der Waals surface area contributed by atoms with Crippen LogP contribution in [0.2, 0.25) is 0 Å². The molecule has 0 bridgehead atoms. The SMILES string of the molecule is CCOc1cc(NCCOC(N)=O)ccc1[N+](=O)[O-]. The van der Waals surface area contributed by atoms with Crippen molar-refractivity contribution in [1.29, 1.82) is 0 Å². The second kappa shape index (κ2) is 7.04. The molecule has 3 N–H and O–H groups in total. The van der Waals surface area contributed by atoms with Gasteiger partial charge in [0.15, 0.2) is 5.75 Å². The Balaban J connectivity index is 2.67. The van der Waals surface area contributed by atoms with Gasteiger partial charge < -0.3 is 20.5 Å². The van der Waals surface area contributed by atoms with E-state index in [0.717, 1.165) is 0 Å². The quantitative estimate of drug-likeness (QED) is 0.440. The molecule has 19 heavy (non-hydrogen) atoms. The third-order valence-corrected chi connectivity index (χ3v) is 2.13. The topological polar surface area (TPSA) is 117 Å². The monoisotopic (exact) mass is 269 g/mol. The van der Waals surface area contributed by atoms with Crippen molar-refractivity contribution in [3.05, 3.63) is 28.3 Å². The van der Waals surface area contributed by atoms with E-state index in [9.17, 15) is 14.9 Å². The molecular formula is C11H15N3O5. The fourth-order valence-electron chi connectivity index (χ4n) is 1.39. The minimum atomic E-state index is -0.847. The molecule has 0 fully saturated rings. The number of nitro groups is 1. The Morgan fingerprint density at radius 1 is 1.53 bits per heavy atom. The standard InChI is InChI=1S/C11H15N3O5/c1-2-18-10-7-8(3-4-9(10)14(16)17)13-5-6-19-11(12)15/h3-4,7,13H,2,5-6H2,1H3,(H2,12,15). The number of hydrogen-bond donors (Lipinski definition) is 2. The van der Waals surface area contributed by atoms with E-state index in [4.69, 9.17) is 10.5 Å². The fraction of sp³-hybridized carbons (Fsp3) is 0.364. The van der Waals surface area contributed by atoms with Gasteiger partial charge in [0.2, 0.25) is 0 Å². The summed E-state index contributed by atoms with van der Waals surface area (Å²) in [4.78, 5) is 20.6. The van der Waals surface area contributed by atoms with Gasteiger partial charge in [-0.15, -0.1) is 0 Å². The number of rotatable bonds is 7. The van der Waals surface area contributed by atoms with Gasteiger partial charge in [-0.3, -0.25) is 10.1 Å². The number of nitrogens with one attached hydrogen (secondary N) is 1. The van der Waals surface area contributed by atoms with E-state index in [-0.39, 0.29) is 18.0 Å². The number of benzene rings is 1. The van der Waals surface area contributed by atoms with E-state index in [0.29, 0.717) is 18.8 Å². The molecule has 1 aromatic carbocycles. The van der Waals surface area contributed by atoms with Gasteiger partial charge in [-0.2, -0.15) is 0 Å². The van der Waals surface area contributed by atoms with Crippen molar-refractivity contribution in [2.24, 2.45) is 5.73 Å². The van der Waals surface area contributed by atoms with Gasteiger partial charge >= 0.3 is 11.8 Å². The first-order valence-corrected chi connectivity index (χ1v) is 5.62. The van der Waals surface area contributed by atoms with Crippen molar-refractivity contribution >= 4 is 17.5 Å². The number of carbonyl (C=O) groups is 1. The molecule has 0 aliphatic heterocycles. The Hall–Kier alpha value is -2.51. The van der Waals surface area contributed by atoms with Crippen LogP contribution in [0.15, 0.2) is 18.2 Å². The third kappa shape index (κ3) is 4.70. The van der Waals surface area contributed by atoms with Crippen LogP contribution in [0.25, 0.3) is 0 Å². The Labute approximate surface area is 109 Å². The maximum absolute atomic E-state index is 10.8. The van der Waals surface area contributed by atoms with Gasteiger partial charge in [-0.1, -0.05) is 0 Å². The number of nitrogens with two attached hydrogens (primary N) is 1. The van der Waals surface area contributed by atoms with Crippen LogP contribution in [0.3, 0.4) is 0 Å². The molecule has 1 amide bonds. The molecule has 0 atom stereocenters. The summed E-state index contributed by atoms with van der Waals surface area (Å²) in [5.41, 5.74) is 5.34. The number of primary amides is 1. The normalized spacial score (nSPS) is 9.74. The fourth-order valence-corrected chi connectivity index (χ4v) is 1.39. The molecule has 0 heterocycles. The van der Waals surface area contributed by atoms with E-state index in [1.165, 1.54) is 12.1 Å².